The summed E-state index contributed by atoms with van der Waals surface area (Å²) in [5.41, 5.74) is 3.06. The molecule has 0 unspecified atom stereocenters. The fraction of sp³-hybridized carbons (Fsp3) is 0.429. The number of carbonyl (C=O) groups excluding carboxylic acids is 2. The molecular formula is C21H27N3O5S. The van der Waals surface area contributed by atoms with E-state index in [1.807, 2.05) is 19.2 Å². The van der Waals surface area contributed by atoms with E-state index in [4.69, 9.17) is 9.15 Å². The minimum absolute atomic E-state index is 0.203. The van der Waals surface area contributed by atoms with Crippen molar-refractivity contribution >= 4 is 40.9 Å². The van der Waals surface area contributed by atoms with Crippen molar-refractivity contribution in [2.75, 3.05) is 12.0 Å². The first-order valence-corrected chi connectivity index (χ1v) is 10.8. The second kappa shape index (κ2) is 10.3. The van der Waals surface area contributed by atoms with Crippen LogP contribution in [0.25, 0.3) is 11.0 Å². The lowest BCUT2D eigenvalue weighted by Crippen LogP contribution is -2.47. The van der Waals surface area contributed by atoms with Crippen molar-refractivity contribution in [2.24, 2.45) is 5.10 Å². The van der Waals surface area contributed by atoms with Crippen molar-refractivity contribution in [1.29, 1.82) is 0 Å². The number of hydrogen-bond donors (Lipinski definition) is 2. The Balaban J connectivity index is 2.09. The maximum Gasteiger partial charge on any atom is 0.408 e. The third-order valence-electron chi connectivity index (χ3n) is 3.95. The molecule has 0 aliphatic heterocycles. The van der Waals surface area contributed by atoms with E-state index < -0.39 is 23.6 Å². The molecule has 2 N–H and O–H groups in total. The van der Waals surface area contributed by atoms with Gasteiger partial charge in [0.1, 0.15) is 23.5 Å². The average Bonchev–Trinajstić information content (AvgIpc) is 2.65. The van der Waals surface area contributed by atoms with Crippen LogP contribution < -0.4 is 16.2 Å². The lowest BCUT2D eigenvalue weighted by molar-refractivity contribution is -0.123. The zero-order valence-electron chi connectivity index (χ0n) is 17.8. The van der Waals surface area contributed by atoms with Crippen molar-refractivity contribution < 1.29 is 18.7 Å². The number of aryl methyl sites for hydroxylation is 1. The molecule has 9 heteroatoms. The van der Waals surface area contributed by atoms with Crippen molar-refractivity contribution in [3.63, 3.8) is 0 Å². The lowest BCUT2D eigenvalue weighted by atomic mass is 10.1. The van der Waals surface area contributed by atoms with Gasteiger partial charge in [-0.05, 0) is 58.3 Å². The quantitative estimate of drug-likeness (QED) is 0.513. The molecule has 0 bridgehead atoms. The molecule has 0 radical (unpaired) electrons. The summed E-state index contributed by atoms with van der Waals surface area (Å²) in [6.07, 6.45) is 4.14. The molecule has 1 aromatic carbocycles. The van der Waals surface area contributed by atoms with Gasteiger partial charge < -0.3 is 14.5 Å². The molecule has 0 saturated carbocycles. The molecule has 8 nitrogen and oxygen atoms in total. The van der Waals surface area contributed by atoms with E-state index in [1.54, 1.807) is 44.7 Å². The number of hydrazone groups is 1. The third kappa shape index (κ3) is 6.91. The van der Waals surface area contributed by atoms with E-state index in [0.717, 1.165) is 5.56 Å². The minimum atomic E-state index is -0.819. The third-order valence-corrected chi connectivity index (χ3v) is 4.60. The van der Waals surface area contributed by atoms with Crippen LogP contribution in [-0.4, -0.2) is 41.9 Å². The number of nitrogens with one attached hydrogen (secondary N) is 2. The van der Waals surface area contributed by atoms with E-state index in [9.17, 15) is 14.4 Å². The first-order chi connectivity index (χ1) is 14.1. The van der Waals surface area contributed by atoms with Crippen LogP contribution in [0.2, 0.25) is 0 Å². The zero-order chi connectivity index (χ0) is 22.3. The van der Waals surface area contributed by atoms with Crippen molar-refractivity contribution in [1.82, 2.24) is 10.7 Å². The summed E-state index contributed by atoms with van der Waals surface area (Å²) in [5.74, 6) is 0.151. The number of rotatable bonds is 7. The number of benzene rings is 1. The molecule has 1 atom stereocenters. The van der Waals surface area contributed by atoms with Gasteiger partial charge in [-0.3, -0.25) is 9.59 Å². The molecule has 0 spiro atoms. The SMILES string of the molecule is CSCC[C@H](NC(=O)OC(C)(C)C)C(=O)NN=Cc1coc2ccc(C)cc2c1=O. The Labute approximate surface area is 179 Å². The van der Waals surface area contributed by atoms with Gasteiger partial charge in [0.25, 0.3) is 5.91 Å². The predicted octanol–water partition coefficient (Wildman–Crippen LogP) is 3.20. The minimum Gasteiger partial charge on any atom is -0.463 e. The number of carbonyl (C=O) groups is 2. The van der Waals surface area contributed by atoms with Crippen LogP contribution in [0.5, 0.6) is 0 Å². The fourth-order valence-electron chi connectivity index (χ4n) is 2.55. The van der Waals surface area contributed by atoms with Gasteiger partial charge >= 0.3 is 6.09 Å². The largest absolute Gasteiger partial charge is 0.463 e. The first-order valence-electron chi connectivity index (χ1n) is 9.44. The highest BCUT2D eigenvalue weighted by Crippen LogP contribution is 2.12. The summed E-state index contributed by atoms with van der Waals surface area (Å²) in [4.78, 5) is 37.1. The van der Waals surface area contributed by atoms with Crippen LogP contribution >= 0.6 is 11.8 Å². The number of fused-ring (bicyclic) bond motifs is 1. The Morgan fingerprint density at radius 3 is 2.73 bits per heavy atom. The number of ether oxygens (including phenoxy) is 1. The number of hydrogen-bond acceptors (Lipinski definition) is 7. The monoisotopic (exact) mass is 433 g/mol. The summed E-state index contributed by atoms with van der Waals surface area (Å²) in [6.45, 7) is 7.10. The van der Waals surface area contributed by atoms with Crippen LogP contribution in [0.1, 0.15) is 38.3 Å². The van der Waals surface area contributed by atoms with Gasteiger partial charge in [0.05, 0.1) is 17.2 Å². The molecule has 2 rings (SSSR count). The van der Waals surface area contributed by atoms with E-state index in [1.165, 1.54) is 12.5 Å². The second-order valence-electron chi connectivity index (χ2n) is 7.73. The molecule has 0 saturated heterocycles. The Morgan fingerprint density at radius 2 is 2.07 bits per heavy atom. The van der Waals surface area contributed by atoms with E-state index in [-0.39, 0.29) is 11.0 Å². The molecular weight excluding hydrogens is 406 g/mol. The lowest BCUT2D eigenvalue weighted by Gasteiger charge is -2.22. The van der Waals surface area contributed by atoms with Gasteiger partial charge in [0.2, 0.25) is 5.43 Å². The molecule has 0 aliphatic carbocycles. The normalized spacial score (nSPS) is 12.7. The first kappa shape index (κ1) is 23.5. The van der Waals surface area contributed by atoms with E-state index >= 15 is 0 Å². The van der Waals surface area contributed by atoms with Gasteiger partial charge in [0.15, 0.2) is 0 Å². The van der Waals surface area contributed by atoms with Crippen LogP contribution in [0.3, 0.4) is 0 Å². The summed E-state index contributed by atoms with van der Waals surface area (Å²) in [6, 6.07) is 4.50. The molecule has 1 heterocycles. The molecule has 30 heavy (non-hydrogen) atoms. The van der Waals surface area contributed by atoms with Crippen molar-refractivity contribution in [2.45, 2.75) is 45.8 Å². The Bertz CT molecular complexity index is 994. The van der Waals surface area contributed by atoms with Gasteiger partial charge in [-0.2, -0.15) is 16.9 Å². The van der Waals surface area contributed by atoms with Gasteiger partial charge in [-0.25, -0.2) is 10.2 Å². The van der Waals surface area contributed by atoms with Crippen LogP contribution in [0, 0.1) is 6.92 Å². The highest BCUT2D eigenvalue weighted by atomic mass is 32.2. The summed E-state index contributed by atoms with van der Waals surface area (Å²) in [5, 5.41) is 6.86. The van der Waals surface area contributed by atoms with Gasteiger partial charge in [0, 0.05) is 0 Å². The fourth-order valence-corrected chi connectivity index (χ4v) is 3.02. The molecule has 1 aromatic heterocycles. The van der Waals surface area contributed by atoms with E-state index in [0.29, 0.717) is 23.1 Å². The number of nitrogens with zero attached hydrogens (tertiary/aromatic N) is 1. The number of thioether (sulfide) groups is 1. The van der Waals surface area contributed by atoms with Crippen LogP contribution in [0.4, 0.5) is 4.79 Å². The molecule has 2 aromatic rings. The van der Waals surface area contributed by atoms with Crippen molar-refractivity contribution in [3.8, 4) is 0 Å². The van der Waals surface area contributed by atoms with Crippen LogP contribution in [-0.2, 0) is 9.53 Å². The standard InChI is InChI=1S/C21H27N3O5S/c1-13-6-7-17-15(10-13)18(25)14(12-28-17)11-22-24-19(26)16(8-9-30-5)23-20(27)29-21(2,3)4/h6-7,10-12,16H,8-9H2,1-5H3,(H,23,27)(H,24,26)/t16-/m0/s1. The van der Waals surface area contributed by atoms with Crippen molar-refractivity contribution in [3.05, 3.63) is 45.8 Å². The average molecular weight is 434 g/mol. The number of amides is 2. The summed E-state index contributed by atoms with van der Waals surface area (Å²) >= 11 is 1.55. The van der Waals surface area contributed by atoms with Crippen LogP contribution in [0.15, 0.2) is 38.8 Å². The Hall–Kier alpha value is -2.81. The molecule has 0 fully saturated rings. The topological polar surface area (TPSA) is 110 Å². The molecule has 162 valence electrons. The Kier molecular flexibility index (Phi) is 8.05. The predicted molar refractivity (Wildman–Crippen MR) is 119 cm³/mol. The maximum absolute atomic E-state index is 12.6. The highest BCUT2D eigenvalue weighted by molar-refractivity contribution is 7.98. The summed E-state index contributed by atoms with van der Waals surface area (Å²) in [7, 11) is 0. The molecule has 0 aliphatic rings. The highest BCUT2D eigenvalue weighted by Gasteiger charge is 2.24. The number of alkyl carbamates (subject to hydrolysis) is 1. The molecule has 2 amide bonds. The smallest absolute Gasteiger partial charge is 0.408 e. The Morgan fingerprint density at radius 1 is 1.33 bits per heavy atom. The van der Waals surface area contributed by atoms with Gasteiger partial charge in [-0.15, -0.1) is 0 Å². The maximum atomic E-state index is 12.6. The van der Waals surface area contributed by atoms with E-state index in [2.05, 4.69) is 15.8 Å². The zero-order valence-corrected chi connectivity index (χ0v) is 18.6. The summed E-state index contributed by atoms with van der Waals surface area (Å²) < 4.78 is 10.7. The van der Waals surface area contributed by atoms with Gasteiger partial charge in [-0.1, -0.05) is 11.6 Å². The second-order valence-corrected chi connectivity index (χ2v) is 8.72.